The normalized spacial score (nSPS) is 13.2. The predicted octanol–water partition coefficient (Wildman–Crippen LogP) is 3.59. The Kier molecular flexibility index (Phi) is 5.15. The molecule has 0 saturated carbocycles. The summed E-state index contributed by atoms with van der Waals surface area (Å²) in [6.45, 7) is 1.48. The molecule has 0 aliphatic carbocycles. The van der Waals surface area contributed by atoms with E-state index >= 15 is 0 Å². The van der Waals surface area contributed by atoms with E-state index in [9.17, 15) is 18.0 Å². The van der Waals surface area contributed by atoms with Gasteiger partial charge in [0, 0.05) is 4.47 Å². The molecule has 3 nitrogen and oxygen atoms in total. The van der Waals surface area contributed by atoms with Crippen molar-refractivity contribution in [3.63, 3.8) is 0 Å². The van der Waals surface area contributed by atoms with Crippen LogP contribution >= 0.6 is 15.9 Å². The number of halogens is 4. The Morgan fingerprint density at radius 2 is 1.89 bits per heavy atom. The third-order valence-electron chi connectivity index (χ3n) is 1.92. The standard InChI is InChI=1S/C11H10BrF3O3/c1-2-17-10(16)9(18-11(13,14)15)7-3-5-8(12)6-4-7/h3-6,9H,2H2,1H3. The van der Waals surface area contributed by atoms with Crippen molar-refractivity contribution in [3.05, 3.63) is 34.3 Å². The Balaban J connectivity index is 2.96. The fourth-order valence-corrected chi connectivity index (χ4v) is 1.51. The molecular formula is C11H10BrF3O3. The molecule has 7 heteroatoms. The lowest BCUT2D eigenvalue weighted by Crippen LogP contribution is -2.26. The zero-order valence-corrected chi connectivity index (χ0v) is 10.9. The van der Waals surface area contributed by atoms with Gasteiger partial charge in [-0.25, -0.2) is 4.79 Å². The van der Waals surface area contributed by atoms with Crippen LogP contribution in [0.15, 0.2) is 28.7 Å². The number of carbonyl (C=O) groups is 1. The molecule has 0 saturated heterocycles. The van der Waals surface area contributed by atoms with Crippen LogP contribution in [0.25, 0.3) is 0 Å². The highest BCUT2D eigenvalue weighted by molar-refractivity contribution is 9.10. The molecule has 100 valence electrons. The highest BCUT2D eigenvalue weighted by atomic mass is 79.9. The maximum Gasteiger partial charge on any atom is 0.523 e. The third-order valence-corrected chi connectivity index (χ3v) is 2.45. The molecule has 0 aliphatic heterocycles. The third kappa shape index (κ3) is 4.66. The van der Waals surface area contributed by atoms with Crippen molar-refractivity contribution in [1.82, 2.24) is 0 Å². The Morgan fingerprint density at radius 1 is 1.33 bits per heavy atom. The molecule has 0 heterocycles. The molecule has 18 heavy (non-hydrogen) atoms. The molecule has 0 spiro atoms. The van der Waals surface area contributed by atoms with Crippen molar-refractivity contribution in [2.24, 2.45) is 0 Å². The molecule has 1 atom stereocenters. The number of ether oxygens (including phenoxy) is 2. The first-order valence-corrected chi connectivity index (χ1v) is 5.79. The van der Waals surface area contributed by atoms with Gasteiger partial charge < -0.3 is 4.74 Å². The number of rotatable bonds is 4. The Hall–Kier alpha value is -1.08. The van der Waals surface area contributed by atoms with E-state index < -0.39 is 18.4 Å². The molecule has 1 rings (SSSR count). The largest absolute Gasteiger partial charge is 0.523 e. The van der Waals surface area contributed by atoms with Crippen LogP contribution in [0.3, 0.4) is 0 Å². The maximum absolute atomic E-state index is 12.2. The second-order valence-corrected chi connectivity index (χ2v) is 4.16. The summed E-state index contributed by atoms with van der Waals surface area (Å²) in [7, 11) is 0. The number of hydrogen-bond donors (Lipinski definition) is 0. The van der Waals surface area contributed by atoms with Crippen LogP contribution in [0.4, 0.5) is 13.2 Å². The van der Waals surface area contributed by atoms with Crippen molar-refractivity contribution in [2.75, 3.05) is 6.61 Å². The lowest BCUT2D eigenvalue weighted by atomic mass is 10.1. The molecule has 0 radical (unpaired) electrons. The molecule has 1 aromatic rings. The number of alkyl halides is 3. The van der Waals surface area contributed by atoms with Gasteiger partial charge in [0.15, 0.2) is 6.10 Å². The van der Waals surface area contributed by atoms with Crippen LogP contribution < -0.4 is 0 Å². The minimum Gasteiger partial charge on any atom is -0.464 e. The van der Waals surface area contributed by atoms with Crippen LogP contribution in [0.5, 0.6) is 0 Å². The minimum atomic E-state index is -4.91. The average molecular weight is 327 g/mol. The Morgan fingerprint density at radius 3 is 2.33 bits per heavy atom. The minimum absolute atomic E-state index is 0.0208. The fourth-order valence-electron chi connectivity index (χ4n) is 1.24. The van der Waals surface area contributed by atoms with Gasteiger partial charge in [0.1, 0.15) is 0 Å². The smallest absolute Gasteiger partial charge is 0.464 e. The van der Waals surface area contributed by atoms with E-state index in [1.165, 1.54) is 31.2 Å². The van der Waals surface area contributed by atoms with Gasteiger partial charge in [-0.1, -0.05) is 28.1 Å². The van der Waals surface area contributed by atoms with E-state index in [-0.39, 0.29) is 12.2 Å². The summed E-state index contributed by atoms with van der Waals surface area (Å²) in [4.78, 5) is 11.4. The second kappa shape index (κ2) is 6.19. The predicted molar refractivity (Wildman–Crippen MR) is 60.7 cm³/mol. The summed E-state index contributed by atoms with van der Waals surface area (Å²) >= 11 is 3.14. The highest BCUT2D eigenvalue weighted by Crippen LogP contribution is 2.29. The summed E-state index contributed by atoms with van der Waals surface area (Å²) in [5.74, 6) is -1.07. The van der Waals surface area contributed by atoms with Crippen molar-refractivity contribution in [1.29, 1.82) is 0 Å². The fraction of sp³-hybridized carbons (Fsp3) is 0.364. The number of esters is 1. The zero-order valence-electron chi connectivity index (χ0n) is 9.33. The first kappa shape index (κ1) is 15.0. The molecule has 0 fully saturated rings. The van der Waals surface area contributed by atoms with Crippen molar-refractivity contribution in [3.8, 4) is 0 Å². The monoisotopic (exact) mass is 326 g/mol. The molecule has 0 N–H and O–H groups in total. The Bertz CT molecular complexity index is 403. The lowest BCUT2D eigenvalue weighted by molar-refractivity contribution is -0.342. The topological polar surface area (TPSA) is 35.5 Å². The first-order valence-electron chi connectivity index (χ1n) is 5.00. The molecule has 1 unspecified atom stereocenters. The van der Waals surface area contributed by atoms with Gasteiger partial charge in [0.05, 0.1) is 6.61 Å². The maximum atomic E-state index is 12.2. The Labute approximate surface area is 110 Å². The molecule has 0 aromatic heterocycles. The van der Waals surface area contributed by atoms with Crippen molar-refractivity contribution in [2.45, 2.75) is 19.4 Å². The van der Waals surface area contributed by atoms with E-state index in [4.69, 9.17) is 0 Å². The summed E-state index contributed by atoms with van der Waals surface area (Å²) in [5, 5.41) is 0. The van der Waals surface area contributed by atoms with Gasteiger partial charge in [-0.05, 0) is 24.6 Å². The zero-order chi connectivity index (χ0) is 13.8. The van der Waals surface area contributed by atoms with Gasteiger partial charge in [0.2, 0.25) is 0 Å². The summed E-state index contributed by atoms with van der Waals surface area (Å²) < 4.78 is 45.7. The van der Waals surface area contributed by atoms with Crippen molar-refractivity contribution >= 4 is 21.9 Å². The molecule has 1 aromatic carbocycles. The first-order chi connectivity index (χ1) is 8.33. The van der Waals surface area contributed by atoms with Gasteiger partial charge in [0.25, 0.3) is 0 Å². The molecule has 0 aliphatic rings. The van der Waals surface area contributed by atoms with E-state index in [1.807, 2.05) is 0 Å². The number of carbonyl (C=O) groups excluding carboxylic acids is 1. The summed E-state index contributed by atoms with van der Waals surface area (Å²) in [6.07, 6.45) is -6.72. The van der Waals surface area contributed by atoms with Crippen LogP contribution in [0.2, 0.25) is 0 Å². The molecule has 0 bridgehead atoms. The summed E-state index contributed by atoms with van der Waals surface area (Å²) in [5.41, 5.74) is 0.0778. The van der Waals surface area contributed by atoms with Gasteiger partial charge in [-0.15, -0.1) is 13.2 Å². The molecule has 0 amide bonds. The SMILES string of the molecule is CCOC(=O)C(OC(F)(F)F)c1ccc(Br)cc1. The van der Waals surface area contributed by atoms with Crippen LogP contribution in [-0.2, 0) is 14.3 Å². The van der Waals surface area contributed by atoms with Gasteiger partial charge >= 0.3 is 12.3 Å². The average Bonchev–Trinajstić information content (AvgIpc) is 2.26. The number of hydrogen-bond acceptors (Lipinski definition) is 3. The second-order valence-electron chi connectivity index (χ2n) is 3.25. The quantitative estimate of drug-likeness (QED) is 0.793. The van der Waals surface area contributed by atoms with E-state index in [0.717, 1.165) is 0 Å². The number of benzene rings is 1. The highest BCUT2D eigenvalue weighted by Gasteiger charge is 2.38. The van der Waals surface area contributed by atoms with Crippen LogP contribution in [0.1, 0.15) is 18.6 Å². The van der Waals surface area contributed by atoms with Crippen LogP contribution in [-0.4, -0.2) is 18.9 Å². The van der Waals surface area contributed by atoms with Gasteiger partial charge in [-0.3, -0.25) is 4.74 Å². The lowest BCUT2D eigenvalue weighted by Gasteiger charge is -2.18. The molecular weight excluding hydrogens is 317 g/mol. The van der Waals surface area contributed by atoms with Crippen molar-refractivity contribution < 1.29 is 27.4 Å². The van der Waals surface area contributed by atoms with E-state index in [1.54, 1.807) is 0 Å². The van der Waals surface area contributed by atoms with E-state index in [2.05, 4.69) is 25.4 Å². The van der Waals surface area contributed by atoms with E-state index in [0.29, 0.717) is 4.47 Å². The summed E-state index contributed by atoms with van der Waals surface area (Å²) in [6, 6.07) is 5.75. The van der Waals surface area contributed by atoms with Crippen LogP contribution in [0, 0.1) is 0 Å². The van der Waals surface area contributed by atoms with Gasteiger partial charge in [-0.2, -0.15) is 0 Å².